The Balaban J connectivity index is 1.30. The van der Waals surface area contributed by atoms with Crippen molar-refractivity contribution in [1.29, 1.82) is 0 Å². The molecular weight excluding hydrogens is 296 g/mol. The maximum atomic E-state index is 9.28. The standard InChI is InChI=1S/C22H40O2/c23-15-21-9-5-19(6-10-21)13-17-1-2-18(4-3-17)14-20-7-11-22(16-24)12-8-20/h17-24H,1-16H2. The highest BCUT2D eigenvalue weighted by molar-refractivity contribution is 4.81. The molecule has 0 saturated heterocycles. The molecule has 140 valence electrons. The van der Waals surface area contributed by atoms with E-state index < -0.39 is 0 Å². The van der Waals surface area contributed by atoms with Gasteiger partial charge in [-0.05, 0) is 74.0 Å². The van der Waals surface area contributed by atoms with Gasteiger partial charge in [0.05, 0.1) is 0 Å². The SMILES string of the molecule is OCC1CCC(CC2CCC(CC3CCC(CO)CC3)CC2)CC1. The summed E-state index contributed by atoms with van der Waals surface area (Å²) >= 11 is 0. The summed E-state index contributed by atoms with van der Waals surface area (Å²) in [6.07, 6.45) is 19.5. The van der Waals surface area contributed by atoms with Gasteiger partial charge < -0.3 is 10.2 Å². The average molecular weight is 337 g/mol. The Morgan fingerprint density at radius 1 is 0.375 bits per heavy atom. The van der Waals surface area contributed by atoms with Crippen LogP contribution in [-0.2, 0) is 0 Å². The third kappa shape index (κ3) is 5.46. The van der Waals surface area contributed by atoms with Gasteiger partial charge in [0.25, 0.3) is 0 Å². The van der Waals surface area contributed by atoms with E-state index in [1.54, 1.807) is 0 Å². The lowest BCUT2D eigenvalue weighted by Gasteiger charge is -2.36. The molecule has 0 aromatic carbocycles. The molecule has 3 fully saturated rings. The van der Waals surface area contributed by atoms with Gasteiger partial charge >= 0.3 is 0 Å². The van der Waals surface area contributed by atoms with Crippen LogP contribution in [0.2, 0.25) is 0 Å². The zero-order valence-electron chi connectivity index (χ0n) is 15.7. The number of hydrogen-bond acceptors (Lipinski definition) is 2. The Morgan fingerprint density at radius 3 is 0.792 bits per heavy atom. The fourth-order valence-corrected chi connectivity index (χ4v) is 5.95. The van der Waals surface area contributed by atoms with Crippen LogP contribution in [0, 0.1) is 35.5 Å². The van der Waals surface area contributed by atoms with Gasteiger partial charge in [0.15, 0.2) is 0 Å². The first-order valence-electron chi connectivity index (χ1n) is 11.0. The number of aliphatic hydroxyl groups excluding tert-OH is 2. The zero-order valence-corrected chi connectivity index (χ0v) is 15.7. The molecule has 2 nitrogen and oxygen atoms in total. The maximum absolute atomic E-state index is 9.28. The fraction of sp³-hybridized carbons (Fsp3) is 1.00. The maximum Gasteiger partial charge on any atom is 0.0459 e. The summed E-state index contributed by atoms with van der Waals surface area (Å²) in [6, 6.07) is 0. The quantitative estimate of drug-likeness (QED) is 0.702. The molecule has 0 aromatic heterocycles. The third-order valence-corrected chi connectivity index (χ3v) is 7.75. The van der Waals surface area contributed by atoms with Crippen LogP contribution in [0.5, 0.6) is 0 Å². The number of aliphatic hydroxyl groups is 2. The van der Waals surface area contributed by atoms with Gasteiger partial charge in [0.2, 0.25) is 0 Å². The summed E-state index contributed by atoms with van der Waals surface area (Å²) in [6.45, 7) is 0.829. The minimum Gasteiger partial charge on any atom is -0.396 e. The zero-order chi connectivity index (χ0) is 16.8. The lowest BCUT2D eigenvalue weighted by atomic mass is 9.70. The third-order valence-electron chi connectivity index (χ3n) is 7.75. The van der Waals surface area contributed by atoms with E-state index in [4.69, 9.17) is 0 Å². The van der Waals surface area contributed by atoms with Crippen LogP contribution in [0.1, 0.15) is 89.9 Å². The Hall–Kier alpha value is -0.0800. The summed E-state index contributed by atoms with van der Waals surface area (Å²) in [4.78, 5) is 0. The van der Waals surface area contributed by atoms with Gasteiger partial charge in [0, 0.05) is 13.2 Å². The molecule has 0 spiro atoms. The molecule has 0 aliphatic heterocycles. The lowest BCUT2D eigenvalue weighted by Crippen LogP contribution is -2.24. The van der Waals surface area contributed by atoms with Crippen LogP contribution in [0.4, 0.5) is 0 Å². The first kappa shape index (κ1) is 18.7. The fourth-order valence-electron chi connectivity index (χ4n) is 5.95. The van der Waals surface area contributed by atoms with E-state index in [2.05, 4.69) is 0 Å². The number of rotatable bonds is 6. The Morgan fingerprint density at radius 2 is 0.583 bits per heavy atom. The predicted octanol–water partition coefficient (Wildman–Crippen LogP) is 5.17. The minimum absolute atomic E-state index is 0.415. The molecule has 0 bridgehead atoms. The van der Waals surface area contributed by atoms with Crippen molar-refractivity contribution in [3.8, 4) is 0 Å². The molecule has 0 amide bonds. The van der Waals surface area contributed by atoms with Gasteiger partial charge in [-0.2, -0.15) is 0 Å². The van der Waals surface area contributed by atoms with E-state index in [1.807, 2.05) is 0 Å². The van der Waals surface area contributed by atoms with Crippen molar-refractivity contribution >= 4 is 0 Å². The van der Waals surface area contributed by atoms with Crippen LogP contribution in [0.3, 0.4) is 0 Å². The van der Waals surface area contributed by atoms with Gasteiger partial charge in [-0.3, -0.25) is 0 Å². The van der Waals surface area contributed by atoms with Gasteiger partial charge in [-0.15, -0.1) is 0 Å². The molecule has 3 saturated carbocycles. The minimum atomic E-state index is 0.415. The molecule has 0 atom stereocenters. The summed E-state index contributed by atoms with van der Waals surface area (Å²) < 4.78 is 0. The molecule has 0 aromatic rings. The molecular formula is C22H40O2. The molecule has 0 radical (unpaired) electrons. The van der Waals surface area contributed by atoms with Gasteiger partial charge in [-0.1, -0.05) is 51.4 Å². The lowest BCUT2D eigenvalue weighted by molar-refractivity contribution is 0.132. The van der Waals surface area contributed by atoms with Gasteiger partial charge in [-0.25, -0.2) is 0 Å². The van der Waals surface area contributed by atoms with Gasteiger partial charge in [0.1, 0.15) is 0 Å². The van der Waals surface area contributed by atoms with Crippen LogP contribution in [-0.4, -0.2) is 23.4 Å². The molecule has 24 heavy (non-hydrogen) atoms. The van der Waals surface area contributed by atoms with Crippen molar-refractivity contribution in [1.82, 2.24) is 0 Å². The summed E-state index contributed by atoms with van der Waals surface area (Å²) in [5, 5.41) is 18.6. The largest absolute Gasteiger partial charge is 0.396 e. The highest BCUT2D eigenvalue weighted by Crippen LogP contribution is 2.41. The van der Waals surface area contributed by atoms with Crippen LogP contribution in [0.25, 0.3) is 0 Å². The van der Waals surface area contributed by atoms with Crippen LogP contribution < -0.4 is 0 Å². The normalized spacial score (nSPS) is 41.2. The Kier molecular flexibility index (Phi) is 7.46. The van der Waals surface area contributed by atoms with Crippen molar-refractivity contribution in [2.45, 2.75) is 89.9 Å². The summed E-state index contributed by atoms with van der Waals surface area (Å²) in [5.74, 6) is 5.14. The van der Waals surface area contributed by atoms with E-state index in [-0.39, 0.29) is 0 Å². The molecule has 3 rings (SSSR count). The molecule has 3 aliphatic rings. The van der Waals surface area contributed by atoms with Crippen LogP contribution >= 0.6 is 0 Å². The van der Waals surface area contributed by atoms with Crippen LogP contribution in [0.15, 0.2) is 0 Å². The van der Waals surface area contributed by atoms with E-state index in [0.29, 0.717) is 25.0 Å². The second-order valence-corrected chi connectivity index (χ2v) is 9.50. The molecule has 0 unspecified atom stereocenters. The first-order valence-corrected chi connectivity index (χ1v) is 11.0. The van der Waals surface area contributed by atoms with E-state index >= 15 is 0 Å². The van der Waals surface area contributed by atoms with E-state index in [0.717, 1.165) is 23.7 Å². The molecule has 0 heterocycles. The monoisotopic (exact) mass is 336 g/mol. The topological polar surface area (TPSA) is 40.5 Å². The average Bonchev–Trinajstić information content (AvgIpc) is 2.65. The van der Waals surface area contributed by atoms with Crippen molar-refractivity contribution < 1.29 is 10.2 Å². The summed E-state index contributed by atoms with van der Waals surface area (Å²) in [7, 11) is 0. The highest BCUT2D eigenvalue weighted by Gasteiger charge is 2.29. The van der Waals surface area contributed by atoms with Crippen molar-refractivity contribution in [2.75, 3.05) is 13.2 Å². The predicted molar refractivity (Wildman–Crippen MR) is 99.7 cm³/mol. The number of hydrogen-bond donors (Lipinski definition) is 2. The summed E-state index contributed by atoms with van der Waals surface area (Å²) in [5.41, 5.74) is 0. The first-order chi connectivity index (χ1) is 11.8. The molecule has 3 aliphatic carbocycles. The second kappa shape index (κ2) is 9.57. The Bertz CT molecular complexity index is 298. The molecule has 2 heteroatoms. The molecule has 2 N–H and O–H groups in total. The highest BCUT2D eigenvalue weighted by atomic mass is 16.3. The van der Waals surface area contributed by atoms with E-state index in [9.17, 15) is 10.2 Å². The van der Waals surface area contributed by atoms with Crippen molar-refractivity contribution in [2.24, 2.45) is 35.5 Å². The second-order valence-electron chi connectivity index (χ2n) is 9.50. The van der Waals surface area contributed by atoms with Crippen molar-refractivity contribution in [3.05, 3.63) is 0 Å². The Labute approximate surface area is 149 Å². The van der Waals surface area contributed by atoms with E-state index in [1.165, 1.54) is 89.9 Å². The van der Waals surface area contributed by atoms with Crippen molar-refractivity contribution in [3.63, 3.8) is 0 Å². The smallest absolute Gasteiger partial charge is 0.0459 e.